The molecule has 168 valence electrons. The van der Waals surface area contributed by atoms with Crippen molar-refractivity contribution < 1.29 is 14.1 Å². The van der Waals surface area contributed by atoms with Gasteiger partial charge in [-0.25, -0.2) is 4.98 Å². The van der Waals surface area contributed by atoms with Gasteiger partial charge in [-0.15, -0.1) is 0 Å². The molecular weight excluding hydrogens is 492 g/mol. The fourth-order valence-electron chi connectivity index (χ4n) is 3.33. The average Bonchev–Trinajstić information content (AvgIpc) is 3.26. The highest BCUT2D eigenvalue weighted by atomic mass is 79.9. The number of benzene rings is 2. The number of fused-ring (bicyclic) bond motifs is 1. The van der Waals surface area contributed by atoms with Crippen LogP contribution in [0.5, 0.6) is 5.75 Å². The zero-order valence-corrected chi connectivity index (χ0v) is 19.6. The maximum absolute atomic E-state index is 13.1. The highest BCUT2D eigenvalue weighted by molar-refractivity contribution is 9.10. The van der Waals surface area contributed by atoms with E-state index < -0.39 is 4.92 Å². The average molecular weight is 511 g/mol. The molecule has 0 radical (unpaired) electrons. The molecule has 2 aromatic carbocycles. The summed E-state index contributed by atoms with van der Waals surface area (Å²) in [5.74, 6) is 1.63. The minimum absolute atomic E-state index is 0.0422. The summed E-state index contributed by atoms with van der Waals surface area (Å²) in [5.41, 5.74) is 0.786. The fraction of sp³-hybridized carbons (Fsp3) is 0.174. The van der Waals surface area contributed by atoms with Gasteiger partial charge in [0.2, 0.25) is 0 Å². The number of nitro benzene ring substituents is 1. The lowest BCUT2D eigenvalue weighted by Crippen LogP contribution is -2.23. The Labute approximate surface area is 196 Å². The van der Waals surface area contributed by atoms with Crippen LogP contribution in [0, 0.1) is 10.1 Å². The number of methoxy groups -OCH3 is 1. The highest BCUT2D eigenvalue weighted by Gasteiger charge is 2.16. The standard InChI is InChI=1S/C23H19BrN4O5/c1-13(2)22-26-19-8-4-14(24)10-18(19)23(29)27(22)25-12-16-6-9-20(33-16)17-7-5-15(28(30)31)11-21(17)32-3/h4-13H,1-3H3. The third-order valence-corrected chi connectivity index (χ3v) is 5.43. The summed E-state index contributed by atoms with van der Waals surface area (Å²) >= 11 is 3.39. The lowest BCUT2D eigenvalue weighted by Gasteiger charge is -2.11. The molecule has 0 fully saturated rings. The van der Waals surface area contributed by atoms with Gasteiger partial charge in [0.05, 0.1) is 40.8 Å². The Morgan fingerprint density at radius 2 is 2.00 bits per heavy atom. The summed E-state index contributed by atoms with van der Waals surface area (Å²) in [6, 6.07) is 13.0. The minimum atomic E-state index is -0.493. The van der Waals surface area contributed by atoms with E-state index in [9.17, 15) is 14.9 Å². The van der Waals surface area contributed by atoms with E-state index in [4.69, 9.17) is 9.15 Å². The van der Waals surface area contributed by atoms with Crippen molar-refractivity contribution in [2.75, 3.05) is 7.11 Å². The van der Waals surface area contributed by atoms with Crippen molar-refractivity contribution in [1.82, 2.24) is 9.66 Å². The van der Waals surface area contributed by atoms with Gasteiger partial charge in [-0.3, -0.25) is 14.9 Å². The van der Waals surface area contributed by atoms with Crippen LogP contribution in [-0.2, 0) is 0 Å². The largest absolute Gasteiger partial charge is 0.496 e. The van der Waals surface area contributed by atoms with Crippen molar-refractivity contribution in [3.63, 3.8) is 0 Å². The van der Waals surface area contributed by atoms with E-state index in [1.807, 2.05) is 19.9 Å². The summed E-state index contributed by atoms with van der Waals surface area (Å²) < 4.78 is 13.2. The second-order valence-electron chi connectivity index (χ2n) is 7.49. The number of nitrogens with zero attached hydrogens (tertiary/aromatic N) is 4. The first-order valence-corrected chi connectivity index (χ1v) is 10.8. The van der Waals surface area contributed by atoms with Crippen LogP contribution in [0.1, 0.15) is 31.4 Å². The van der Waals surface area contributed by atoms with E-state index in [2.05, 4.69) is 26.0 Å². The van der Waals surface area contributed by atoms with Crippen molar-refractivity contribution in [2.24, 2.45) is 5.10 Å². The van der Waals surface area contributed by atoms with Crippen LogP contribution < -0.4 is 10.3 Å². The summed E-state index contributed by atoms with van der Waals surface area (Å²) in [7, 11) is 1.43. The summed E-state index contributed by atoms with van der Waals surface area (Å²) in [6.45, 7) is 3.87. The number of nitro groups is 1. The predicted octanol–water partition coefficient (Wildman–Crippen LogP) is 5.34. The molecule has 4 rings (SSSR count). The SMILES string of the molecule is COc1cc([N+](=O)[O-])ccc1-c1ccc(C=Nn2c(C(C)C)nc3ccc(Br)cc3c2=O)o1. The zero-order valence-electron chi connectivity index (χ0n) is 18.0. The molecule has 0 spiro atoms. The molecule has 0 aliphatic carbocycles. The molecule has 0 N–H and O–H groups in total. The van der Waals surface area contributed by atoms with E-state index >= 15 is 0 Å². The molecule has 2 heterocycles. The minimum Gasteiger partial charge on any atom is -0.496 e. The maximum Gasteiger partial charge on any atom is 0.282 e. The van der Waals surface area contributed by atoms with Crippen LogP contribution in [0.3, 0.4) is 0 Å². The van der Waals surface area contributed by atoms with Crippen LogP contribution in [0.2, 0.25) is 0 Å². The van der Waals surface area contributed by atoms with Crippen LogP contribution in [0.4, 0.5) is 5.69 Å². The molecule has 9 nitrogen and oxygen atoms in total. The van der Waals surface area contributed by atoms with E-state index in [0.29, 0.717) is 39.6 Å². The number of ether oxygens (including phenoxy) is 1. The molecule has 0 saturated carbocycles. The predicted molar refractivity (Wildman–Crippen MR) is 128 cm³/mol. The van der Waals surface area contributed by atoms with Gasteiger partial charge < -0.3 is 9.15 Å². The number of non-ortho nitro benzene ring substituents is 1. The number of halogens is 1. The molecule has 0 aliphatic heterocycles. The Morgan fingerprint density at radius 1 is 1.21 bits per heavy atom. The van der Waals surface area contributed by atoms with Crippen molar-refractivity contribution in [3.8, 4) is 17.1 Å². The third kappa shape index (κ3) is 4.42. The van der Waals surface area contributed by atoms with Crippen molar-refractivity contribution >= 4 is 38.7 Å². The molecule has 10 heteroatoms. The molecule has 0 aliphatic rings. The van der Waals surface area contributed by atoms with Gasteiger partial charge in [0.25, 0.3) is 11.2 Å². The molecule has 0 bridgehead atoms. The van der Waals surface area contributed by atoms with Gasteiger partial charge in [-0.1, -0.05) is 29.8 Å². The van der Waals surface area contributed by atoms with E-state index in [0.717, 1.165) is 4.47 Å². The van der Waals surface area contributed by atoms with Crippen molar-refractivity contribution in [3.05, 3.63) is 85.1 Å². The van der Waals surface area contributed by atoms with Crippen LogP contribution in [0.15, 0.2) is 67.3 Å². The van der Waals surface area contributed by atoms with Gasteiger partial charge in [0.1, 0.15) is 23.1 Å². The molecule has 0 unspecified atom stereocenters. The number of hydrogen-bond donors (Lipinski definition) is 0. The normalized spacial score (nSPS) is 11.5. The first-order valence-electron chi connectivity index (χ1n) is 9.97. The summed E-state index contributed by atoms with van der Waals surface area (Å²) in [4.78, 5) is 28.2. The second-order valence-corrected chi connectivity index (χ2v) is 8.41. The monoisotopic (exact) mass is 510 g/mol. The molecule has 0 amide bonds. The Kier molecular flexibility index (Phi) is 6.10. The van der Waals surface area contributed by atoms with Gasteiger partial charge >= 0.3 is 0 Å². The number of furan rings is 1. The van der Waals surface area contributed by atoms with Gasteiger partial charge in [-0.05, 0) is 36.4 Å². The Balaban J connectivity index is 1.73. The molecule has 4 aromatic rings. The van der Waals surface area contributed by atoms with Crippen molar-refractivity contribution in [2.45, 2.75) is 19.8 Å². The van der Waals surface area contributed by atoms with E-state index in [1.165, 1.54) is 30.1 Å². The maximum atomic E-state index is 13.1. The van der Waals surface area contributed by atoms with Gasteiger partial charge in [-0.2, -0.15) is 9.78 Å². The Bertz CT molecular complexity index is 1460. The van der Waals surface area contributed by atoms with Gasteiger partial charge in [0, 0.05) is 16.5 Å². The first kappa shape index (κ1) is 22.4. The lowest BCUT2D eigenvalue weighted by molar-refractivity contribution is -0.384. The first-order chi connectivity index (χ1) is 15.8. The fourth-order valence-corrected chi connectivity index (χ4v) is 3.69. The zero-order chi connectivity index (χ0) is 23.7. The number of hydrogen-bond acceptors (Lipinski definition) is 7. The molecule has 2 aromatic heterocycles. The summed E-state index contributed by atoms with van der Waals surface area (Å²) in [6.07, 6.45) is 1.43. The van der Waals surface area contributed by atoms with E-state index in [1.54, 1.807) is 30.3 Å². The Hall–Kier alpha value is -3.79. The number of aromatic nitrogens is 2. The van der Waals surface area contributed by atoms with Crippen molar-refractivity contribution in [1.29, 1.82) is 0 Å². The Morgan fingerprint density at radius 3 is 2.70 bits per heavy atom. The molecule has 33 heavy (non-hydrogen) atoms. The van der Waals surface area contributed by atoms with Gasteiger partial charge in [0.15, 0.2) is 0 Å². The van der Waals surface area contributed by atoms with Crippen LogP contribution >= 0.6 is 15.9 Å². The molecular formula is C23H19BrN4O5. The lowest BCUT2D eigenvalue weighted by atomic mass is 10.1. The quantitative estimate of drug-likeness (QED) is 0.196. The number of rotatable bonds is 6. The third-order valence-electron chi connectivity index (χ3n) is 4.94. The summed E-state index contributed by atoms with van der Waals surface area (Å²) in [5, 5.41) is 15.8. The van der Waals surface area contributed by atoms with Crippen LogP contribution in [0.25, 0.3) is 22.2 Å². The van der Waals surface area contributed by atoms with E-state index in [-0.39, 0.29) is 17.2 Å². The smallest absolute Gasteiger partial charge is 0.282 e. The second kappa shape index (κ2) is 8.99. The topological polar surface area (TPSA) is 113 Å². The van der Waals surface area contributed by atoms with Crippen LogP contribution in [-0.4, -0.2) is 27.9 Å². The molecule has 0 atom stereocenters. The highest BCUT2D eigenvalue weighted by Crippen LogP contribution is 2.34. The molecule has 0 saturated heterocycles.